The van der Waals surface area contributed by atoms with E-state index in [1.165, 1.54) is 21.9 Å². The number of nitrogens with zero attached hydrogens (tertiary/aromatic N) is 2. The van der Waals surface area contributed by atoms with Crippen molar-refractivity contribution >= 4 is 22.2 Å². The standard InChI is InChI=1S/C13H17N3O2S/c1-8(2)4-5-14-11(17)10-6-15-13-16(12(10)18)7-9(3)19-13/h6-8H,4-5H2,1-3H3,(H,14,17). The Bertz CT molecular complexity index is 657. The van der Waals surface area contributed by atoms with E-state index in [1.807, 2.05) is 6.92 Å². The summed E-state index contributed by atoms with van der Waals surface area (Å²) in [6.45, 7) is 6.65. The van der Waals surface area contributed by atoms with Crippen LogP contribution < -0.4 is 10.9 Å². The first-order valence-corrected chi connectivity index (χ1v) is 7.06. The average molecular weight is 279 g/mol. The molecule has 2 aromatic rings. The largest absolute Gasteiger partial charge is 0.352 e. The van der Waals surface area contributed by atoms with Crippen LogP contribution in [-0.2, 0) is 0 Å². The fourth-order valence-corrected chi connectivity index (χ4v) is 2.51. The zero-order valence-electron chi connectivity index (χ0n) is 11.3. The molecule has 0 spiro atoms. The van der Waals surface area contributed by atoms with Gasteiger partial charge in [0.2, 0.25) is 0 Å². The Labute approximate surface area is 115 Å². The van der Waals surface area contributed by atoms with Crippen molar-refractivity contribution in [2.75, 3.05) is 6.54 Å². The number of aryl methyl sites for hydroxylation is 1. The van der Waals surface area contributed by atoms with Gasteiger partial charge in [0.25, 0.3) is 11.5 Å². The topological polar surface area (TPSA) is 63.5 Å². The second-order valence-corrected chi connectivity index (χ2v) is 6.12. The van der Waals surface area contributed by atoms with E-state index < -0.39 is 0 Å². The van der Waals surface area contributed by atoms with Crippen molar-refractivity contribution in [2.24, 2.45) is 5.92 Å². The van der Waals surface area contributed by atoms with Gasteiger partial charge in [-0.15, -0.1) is 11.3 Å². The van der Waals surface area contributed by atoms with Crippen molar-refractivity contribution in [3.8, 4) is 0 Å². The van der Waals surface area contributed by atoms with Gasteiger partial charge < -0.3 is 5.32 Å². The molecule has 1 amide bonds. The second-order valence-electron chi connectivity index (χ2n) is 4.91. The lowest BCUT2D eigenvalue weighted by Gasteiger charge is -2.06. The van der Waals surface area contributed by atoms with Crippen LogP contribution >= 0.6 is 11.3 Å². The summed E-state index contributed by atoms with van der Waals surface area (Å²) < 4.78 is 1.43. The van der Waals surface area contributed by atoms with Crippen LogP contribution in [0.3, 0.4) is 0 Å². The Morgan fingerprint density at radius 2 is 2.26 bits per heavy atom. The molecule has 0 aromatic carbocycles. The summed E-state index contributed by atoms with van der Waals surface area (Å²) in [5.41, 5.74) is -0.213. The molecule has 19 heavy (non-hydrogen) atoms. The normalized spacial score (nSPS) is 11.2. The van der Waals surface area contributed by atoms with E-state index in [0.29, 0.717) is 17.4 Å². The third kappa shape index (κ3) is 3.01. The molecule has 2 heterocycles. The SMILES string of the molecule is Cc1cn2c(=O)c(C(=O)NCCC(C)C)cnc2s1. The molecule has 0 aliphatic heterocycles. The first-order chi connectivity index (χ1) is 8.99. The van der Waals surface area contributed by atoms with Gasteiger partial charge in [0, 0.05) is 23.8 Å². The molecule has 0 saturated heterocycles. The van der Waals surface area contributed by atoms with E-state index in [2.05, 4.69) is 24.1 Å². The molecule has 1 N–H and O–H groups in total. The van der Waals surface area contributed by atoms with Gasteiger partial charge in [-0.3, -0.25) is 14.0 Å². The van der Waals surface area contributed by atoms with Crippen molar-refractivity contribution < 1.29 is 4.79 Å². The molecule has 0 saturated carbocycles. The van der Waals surface area contributed by atoms with Crippen molar-refractivity contribution in [3.63, 3.8) is 0 Å². The first kappa shape index (κ1) is 13.7. The number of hydrogen-bond donors (Lipinski definition) is 1. The van der Waals surface area contributed by atoms with Crippen LogP contribution in [0.4, 0.5) is 0 Å². The zero-order valence-corrected chi connectivity index (χ0v) is 12.1. The first-order valence-electron chi connectivity index (χ1n) is 6.25. The summed E-state index contributed by atoms with van der Waals surface area (Å²) in [5, 5.41) is 2.75. The highest BCUT2D eigenvalue weighted by atomic mass is 32.1. The van der Waals surface area contributed by atoms with Crippen LogP contribution in [0.1, 0.15) is 35.5 Å². The van der Waals surface area contributed by atoms with Gasteiger partial charge >= 0.3 is 0 Å². The van der Waals surface area contributed by atoms with Crippen LogP contribution in [0.25, 0.3) is 4.96 Å². The monoisotopic (exact) mass is 279 g/mol. The Morgan fingerprint density at radius 1 is 1.53 bits per heavy atom. The minimum atomic E-state index is -0.351. The van der Waals surface area contributed by atoms with Crippen molar-refractivity contribution in [3.05, 3.63) is 33.2 Å². The number of carbonyl (C=O) groups is 1. The maximum Gasteiger partial charge on any atom is 0.271 e. The summed E-state index contributed by atoms with van der Waals surface area (Å²) in [4.78, 5) is 29.8. The summed E-state index contributed by atoms with van der Waals surface area (Å²) in [7, 11) is 0. The van der Waals surface area contributed by atoms with Gasteiger partial charge in [-0.25, -0.2) is 4.98 Å². The third-order valence-corrected chi connectivity index (χ3v) is 3.69. The fraction of sp³-hybridized carbons (Fsp3) is 0.462. The van der Waals surface area contributed by atoms with E-state index in [-0.39, 0.29) is 17.0 Å². The molecule has 0 unspecified atom stereocenters. The lowest BCUT2D eigenvalue weighted by atomic mass is 10.1. The lowest BCUT2D eigenvalue weighted by Crippen LogP contribution is -2.32. The molecule has 2 rings (SSSR count). The summed E-state index contributed by atoms with van der Waals surface area (Å²) >= 11 is 1.43. The highest BCUT2D eigenvalue weighted by Gasteiger charge is 2.14. The van der Waals surface area contributed by atoms with Crippen LogP contribution in [-0.4, -0.2) is 21.8 Å². The number of hydrogen-bond acceptors (Lipinski definition) is 4. The van der Waals surface area contributed by atoms with Crippen LogP contribution in [0.15, 0.2) is 17.2 Å². The van der Waals surface area contributed by atoms with Gasteiger partial charge in [-0.1, -0.05) is 13.8 Å². The predicted octanol–water partition coefficient (Wildman–Crippen LogP) is 1.84. The molecule has 0 bridgehead atoms. The molecule has 0 radical (unpaired) electrons. The minimum Gasteiger partial charge on any atom is -0.352 e. The van der Waals surface area contributed by atoms with Crippen LogP contribution in [0.2, 0.25) is 0 Å². The van der Waals surface area contributed by atoms with Gasteiger partial charge in [0.15, 0.2) is 4.96 Å². The predicted molar refractivity (Wildman–Crippen MR) is 75.9 cm³/mol. The number of carbonyl (C=O) groups excluding carboxylic acids is 1. The van der Waals surface area contributed by atoms with Crippen LogP contribution in [0, 0.1) is 12.8 Å². The minimum absolute atomic E-state index is 0.0963. The van der Waals surface area contributed by atoms with E-state index in [4.69, 9.17) is 0 Å². The Balaban J connectivity index is 2.22. The van der Waals surface area contributed by atoms with Crippen molar-refractivity contribution in [1.82, 2.24) is 14.7 Å². The molecule has 0 aliphatic carbocycles. The number of thiazole rings is 1. The Hall–Kier alpha value is -1.69. The zero-order chi connectivity index (χ0) is 14.0. The molecule has 102 valence electrons. The average Bonchev–Trinajstić information content (AvgIpc) is 2.70. The Morgan fingerprint density at radius 3 is 2.95 bits per heavy atom. The quantitative estimate of drug-likeness (QED) is 0.929. The lowest BCUT2D eigenvalue weighted by molar-refractivity contribution is 0.0950. The molecule has 0 fully saturated rings. The molecule has 6 heteroatoms. The number of nitrogens with one attached hydrogen (secondary N) is 1. The summed E-state index contributed by atoms with van der Waals surface area (Å²) in [6.07, 6.45) is 3.96. The molecule has 5 nitrogen and oxygen atoms in total. The maximum atomic E-state index is 12.1. The van der Waals surface area contributed by atoms with Gasteiger partial charge in [0.1, 0.15) is 5.56 Å². The van der Waals surface area contributed by atoms with Crippen molar-refractivity contribution in [1.29, 1.82) is 0 Å². The van der Waals surface area contributed by atoms with E-state index in [9.17, 15) is 9.59 Å². The van der Waals surface area contributed by atoms with Gasteiger partial charge in [-0.05, 0) is 19.3 Å². The molecule has 0 atom stereocenters. The third-order valence-electron chi connectivity index (χ3n) is 2.77. The number of rotatable bonds is 4. The van der Waals surface area contributed by atoms with Crippen LogP contribution in [0.5, 0.6) is 0 Å². The van der Waals surface area contributed by atoms with Gasteiger partial charge in [-0.2, -0.15) is 0 Å². The van der Waals surface area contributed by atoms with E-state index in [0.717, 1.165) is 11.3 Å². The van der Waals surface area contributed by atoms with Crippen molar-refractivity contribution in [2.45, 2.75) is 27.2 Å². The second kappa shape index (κ2) is 5.52. The summed E-state index contributed by atoms with van der Waals surface area (Å²) in [5.74, 6) is 0.165. The van der Waals surface area contributed by atoms with Gasteiger partial charge in [0.05, 0.1) is 0 Å². The highest BCUT2D eigenvalue weighted by Crippen LogP contribution is 2.12. The molecular weight excluding hydrogens is 262 g/mol. The van der Waals surface area contributed by atoms with E-state index >= 15 is 0 Å². The summed E-state index contributed by atoms with van der Waals surface area (Å²) in [6, 6.07) is 0. The molecule has 2 aromatic heterocycles. The maximum absolute atomic E-state index is 12.1. The number of fused-ring (bicyclic) bond motifs is 1. The van der Waals surface area contributed by atoms with E-state index in [1.54, 1.807) is 6.20 Å². The highest BCUT2D eigenvalue weighted by molar-refractivity contribution is 7.16. The smallest absolute Gasteiger partial charge is 0.271 e. The fourth-order valence-electron chi connectivity index (χ4n) is 1.72. The number of amides is 1. The number of aromatic nitrogens is 2. The molecule has 0 aliphatic rings. The Kier molecular flexibility index (Phi) is 3.99. The molecular formula is C13H17N3O2S.